The van der Waals surface area contributed by atoms with Crippen LogP contribution in [0.15, 0.2) is 42.5 Å². The summed E-state index contributed by atoms with van der Waals surface area (Å²) in [5, 5.41) is 9.68. The van der Waals surface area contributed by atoms with Crippen LogP contribution in [-0.2, 0) is 19.1 Å². The third-order valence-corrected chi connectivity index (χ3v) is 8.58. The van der Waals surface area contributed by atoms with Crippen molar-refractivity contribution in [2.45, 2.75) is 50.4 Å². The van der Waals surface area contributed by atoms with Gasteiger partial charge in [-0.05, 0) is 44.7 Å². The number of ether oxygens (including phenoxy) is 1. The molecule has 1 spiro atoms. The van der Waals surface area contributed by atoms with E-state index in [1.165, 1.54) is 0 Å². The molecular weight excluding hydrogens is 494 g/mol. The van der Waals surface area contributed by atoms with E-state index in [2.05, 4.69) is 0 Å². The number of para-hydroxylation sites is 1. The number of fused-ring (bicyclic) bond motifs is 2. The first-order chi connectivity index (χ1) is 17.7. The van der Waals surface area contributed by atoms with Gasteiger partial charge >= 0.3 is 0 Å². The number of halogens is 1. The van der Waals surface area contributed by atoms with Crippen molar-refractivity contribution in [1.29, 1.82) is 0 Å². The molecule has 4 aliphatic rings. The number of unbranched alkanes of at least 4 members (excludes halogenated alkanes) is 2. The summed E-state index contributed by atoms with van der Waals surface area (Å²) in [6.07, 6.45) is 9.44. The summed E-state index contributed by atoms with van der Waals surface area (Å²) in [6, 6.07) is 4.55. The molecule has 37 heavy (non-hydrogen) atoms. The molecule has 5 atom stereocenters. The number of hydrogen-bond donors (Lipinski definition) is 1. The van der Waals surface area contributed by atoms with Crippen LogP contribution in [0.3, 0.4) is 0 Å². The molecule has 8 nitrogen and oxygen atoms in total. The summed E-state index contributed by atoms with van der Waals surface area (Å²) in [5.41, 5.74) is -0.846. The van der Waals surface area contributed by atoms with Gasteiger partial charge in [-0.15, -0.1) is 0 Å². The molecule has 0 aliphatic carbocycles. The van der Waals surface area contributed by atoms with Gasteiger partial charge in [0.25, 0.3) is 5.91 Å². The maximum Gasteiger partial charge on any atom is 0.253 e. The Morgan fingerprint density at radius 3 is 2.51 bits per heavy atom. The average Bonchev–Trinajstić information content (AvgIpc) is 3.12. The second kappa shape index (κ2) is 9.57. The van der Waals surface area contributed by atoms with E-state index in [1.807, 2.05) is 50.3 Å². The maximum absolute atomic E-state index is 14.4. The van der Waals surface area contributed by atoms with Gasteiger partial charge in [0.2, 0.25) is 11.8 Å². The molecular formula is C28H34ClN3O5. The van der Waals surface area contributed by atoms with Gasteiger partial charge in [-0.2, -0.15) is 0 Å². The number of aliphatic hydroxyl groups excluding tert-OH is 1. The molecule has 198 valence electrons. The zero-order chi connectivity index (χ0) is 26.5. The third kappa shape index (κ3) is 3.92. The Morgan fingerprint density at radius 1 is 1.03 bits per heavy atom. The standard InChI is InChI=1S/C28H34ClN3O5/c1-18-10-7-11-19(29)22(18)31-16-9-13-28-21(20-24(34)30(3)14-8-12-27(20,2)37-28)25(35)32(23(28)26(31)36)15-5-4-6-17-33/h7-13,20-21,23,33H,4-6,14-17H2,1-3H3/t20-,21-,23?,27+,28-/m0/s1. The van der Waals surface area contributed by atoms with Crippen molar-refractivity contribution in [3.63, 3.8) is 0 Å². The first kappa shape index (κ1) is 25.9. The van der Waals surface area contributed by atoms with E-state index in [0.29, 0.717) is 43.1 Å². The smallest absolute Gasteiger partial charge is 0.253 e. The lowest BCUT2D eigenvalue weighted by atomic mass is 9.74. The molecule has 2 saturated heterocycles. The number of aliphatic hydroxyl groups is 1. The van der Waals surface area contributed by atoms with Crippen molar-refractivity contribution in [2.24, 2.45) is 11.8 Å². The van der Waals surface area contributed by atoms with E-state index < -0.39 is 29.1 Å². The van der Waals surface area contributed by atoms with Gasteiger partial charge in [-0.25, -0.2) is 0 Å². The summed E-state index contributed by atoms with van der Waals surface area (Å²) >= 11 is 6.58. The lowest BCUT2D eigenvalue weighted by Gasteiger charge is -2.37. The normalized spacial score (nSPS) is 32.9. The molecule has 0 radical (unpaired) electrons. The number of likely N-dealkylation sites (N-methyl/N-ethyl adjacent to an activating group) is 1. The van der Waals surface area contributed by atoms with E-state index in [4.69, 9.17) is 16.3 Å². The zero-order valence-corrected chi connectivity index (χ0v) is 22.3. The van der Waals surface area contributed by atoms with Crippen LogP contribution in [0.4, 0.5) is 5.69 Å². The Labute approximate surface area is 222 Å². The predicted octanol–water partition coefficient (Wildman–Crippen LogP) is 2.71. The minimum absolute atomic E-state index is 0.0713. The van der Waals surface area contributed by atoms with Crippen LogP contribution in [0, 0.1) is 18.8 Å². The van der Waals surface area contributed by atoms with Crippen LogP contribution in [0.1, 0.15) is 31.7 Å². The lowest BCUT2D eigenvalue weighted by Crippen LogP contribution is -2.56. The van der Waals surface area contributed by atoms with Gasteiger partial charge < -0.3 is 24.5 Å². The van der Waals surface area contributed by atoms with E-state index in [-0.39, 0.29) is 30.9 Å². The first-order valence-electron chi connectivity index (χ1n) is 12.9. The number of carbonyl (C=O) groups excluding carboxylic acids is 3. The van der Waals surface area contributed by atoms with Gasteiger partial charge in [0.15, 0.2) is 0 Å². The summed E-state index contributed by atoms with van der Waals surface area (Å²) in [5.74, 6) is -2.25. The number of likely N-dealkylation sites (tertiary alicyclic amines) is 1. The molecule has 0 saturated carbocycles. The van der Waals surface area contributed by atoms with Gasteiger partial charge in [0.05, 0.1) is 28.1 Å². The molecule has 4 aliphatic heterocycles. The van der Waals surface area contributed by atoms with Crippen molar-refractivity contribution in [1.82, 2.24) is 9.80 Å². The molecule has 1 unspecified atom stereocenters. The fraction of sp³-hybridized carbons (Fsp3) is 0.536. The number of carbonyl (C=O) groups is 3. The number of rotatable bonds is 6. The molecule has 1 N–H and O–H groups in total. The van der Waals surface area contributed by atoms with Crippen molar-refractivity contribution in [3.8, 4) is 0 Å². The summed E-state index contributed by atoms with van der Waals surface area (Å²) in [6.45, 7) is 4.86. The Morgan fingerprint density at radius 2 is 1.78 bits per heavy atom. The third-order valence-electron chi connectivity index (χ3n) is 8.27. The molecule has 1 aromatic rings. The molecule has 5 rings (SSSR count). The van der Waals surface area contributed by atoms with Gasteiger partial charge in [0, 0.05) is 33.3 Å². The van der Waals surface area contributed by atoms with Gasteiger partial charge in [-0.3, -0.25) is 14.4 Å². The highest BCUT2D eigenvalue weighted by Gasteiger charge is 2.74. The van der Waals surface area contributed by atoms with Crippen LogP contribution in [0.5, 0.6) is 0 Å². The molecule has 4 heterocycles. The molecule has 1 aromatic carbocycles. The lowest BCUT2D eigenvalue weighted by molar-refractivity contribution is -0.148. The Bertz CT molecular complexity index is 1160. The topological polar surface area (TPSA) is 90.4 Å². The summed E-state index contributed by atoms with van der Waals surface area (Å²) in [7, 11) is 1.73. The van der Waals surface area contributed by atoms with Crippen molar-refractivity contribution in [2.75, 3.05) is 38.2 Å². The van der Waals surface area contributed by atoms with Crippen LogP contribution in [-0.4, -0.2) is 83.2 Å². The van der Waals surface area contributed by atoms with E-state index in [1.54, 1.807) is 27.8 Å². The predicted molar refractivity (Wildman–Crippen MR) is 140 cm³/mol. The van der Waals surface area contributed by atoms with Crippen molar-refractivity contribution < 1.29 is 24.2 Å². The molecule has 0 bridgehead atoms. The largest absolute Gasteiger partial charge is 0.396 e. The number of nitrogens with zero attached hydrogens (tertiary/aromatic N) is 3. The highest BCUT2D eigenvalue weighted by molar-refractivity contribution is 6.34. The van der Waals surface area contributed by atoms with Crippen molar-refractivity contribution in [3.05, 3.63) is 53.1 Å². The highest BCUT2D eigenvalue weighted by Crippen LogP contribution is 2.57. The number of aryl methyl sites for hydroxylation is 1. The number of benzene rings is 1. The molecule has 3 amide bonds. The van der Waals surface area contributed by atoms with Crippen molar-refractivity contribution >= 4 is 35.0 Å². The summed E-state index contributed by atoms with van der Waals surface area (Å²) in [4.78, 5) is 47.1. The Balaban J connectivity index is 1.63. The monoisotopic (exact) mass is 527 g/mol. The van der Waals surface area contributed by atoms with Crippen LogP contribution >= 0.6 is 11.6 Å². The average molecular weight is 528 g/mol. The molecule has 0 aromatic heterocycles. The second-order valence-electron chi connectivity index (χ2n) is 10.7. The summed E-state index contributed by atoms with van der Waals surface area (Å²) < 4.78 is 6.79. The Hall–Kier alpha value is -2.68. The maximum atomic E-state index is 14.4. The van der Waals surface area contributed by atoms with Crippen LogP contribution < -0.4 is 4.90 Å². The minimum atomic E-state index is -1.29. The Kier molecular flexibility index (Phi) is 6.71. The van der Waals surface area contributed by atoms with E-state index in [0.717, 1.165) is 5.56 Å². The second-order valence-corrected chi connectivity index (χ2v) is 11.1. The van der Waals surface area contributed by atoms with Crippen LogP contribution in [0.25, 0.3) is 0 Å². The number of anilines is 1. The molecule has 9 heteroatoms. The minimum Gasteiger partial charge on any atom is -0.396 e. The molecule has 2 fully saturated rings. The van der Waals surface area contributed by atoms with E-state index in [9.17, 15) is 19.5 Å². The van der Waals surface area contributed by atoms with E-state index >= 15 is 0 Å². The fourth-order valence-electron chi connectivity index (χ4n) is 6.62. The number of amides is 3. The zero-order valence-electron chi connectivity index (χ0n) is 21.5. The van der Waals surface area contributed by atoms with Crippen LogP contribution in [0.2, 0.25) is 5.02 Å². The van der Waals surface area contributed by atoms with Gasteiger partial charge in [0.1, 0.15) is 11.6 Å². The quantitative estimate of drug-likeness (QED) is 0.454. The first-order valence-corrected chi connectivity index (χ1v) is 13.3. The van der Waals surface area contributed by atoms with Gasteiger partial charge in [-0.1, -0.05) is 48.0 Å². The number of hydrogen-bond acceptors (Lipinski definition) is 5. The SMILES string of the molecule is Cc1cccc(Cl)c1N1CC=C[C@]23O[C@]4(C)C=CCN(C)C(=O)[C@@H]4[C@H]2C(=O)N(CCCCCO)C3C1=O. The highest BCUT2D eigenvalue weighted by atomic mass is 35.5. The fourth-order valence-corrected chi connectivity index (χ4v) is 6.94.